The summed E-state index contributed by atoms with van der Waals surface area (Å²) in [6.07, 6.45) is 2.49. The molecule has 5 heteroatoms. The van der Waals surface area contributed by atoms with Crippen LogP contribution >= 0.6 is 0 Å². The fourth-order valence-electron chi connectivity index (χ4n) is 2.00. The molecule has 5 nitrogen and oxygen atoms in total. The average molecular weight is 263 g/mol. The first-order chi connectivity index (χ1) is 9.07. The van der Waals surface area contributed by atoms with Crippen LogP contribution in [0.4, 0.5) is 5.69 Å². The number of carboxylic acid groups (broad SMARTS) is 1. The Kier molecular flexibility index (Phi) is 3.85. The van der Waals surface area contributed by atoms with Gasteiger partial charge in [0.05, 0.1) is 11.0 Å². The Labute approximate surface area is 111 Å². The van der Waals surface area contributed by atoms with Crippen molar-refractivity contribution in [1.29, 1.82) is 0 Å². The highest BCUT2D eigenvalue weighted by Gasteiger charge is 2.49. The Bertz CT molecular complexity index is 477. The van der Waals surface area contributed by atoms with Gasteiger partial charge in [0, 0.05) is 19.4 Å². The molecule has 0 aromatic heterocycles. The van der Waals surface area contributed by atoms with Gasteiger partial charge in [0.15, 0.2) is 0 Å². The number of ether oxygens (including phenoxy) is 1. The summed E-state index contributed by atoms with van der Waals surface area (Å²) in [5, 5.41) is 11.6. The van der Waals surface area contributed by atoms with E-state index in [9.17, 15) is 9.59 Å². The zero-order valence-electron chi connectivity index (χ0n) is 10.8. The molecule has 1 aromatic rings. The lowest BCUT2D eigenvalue weighted by Gasteiger charge is -2.14. The third-order valence-corrected chi connectivity index (χ3v) is 3.51. The van der Waals surface area contributed by atoms with E-state index in [1.807, 2.05) is 0 Å². The Hall–Kier alpha value is -1.88. The van der Waals surface area contributed by atoms with E-state index in [4.69, 9.17) is 9.84 Å². The van der Waals surface area contributed by atoms with Crippen LogP contribution in [0, 0.1) is 5.41 Å². The summed E-state index contributed by atoms with van der Waals surface area (Å²) in [4.78, 5) is 22.9. The maximum Gasteiger partial charge on any atom is 0.335 e. The summed E-state index contributed by atoms with van der Waals surface area (Å²) < 4.78 is 5.01. The predicted molar refractivity (Wildman–Crippen MR) is 70.2 cm³/mol. The van der Waals surface area contributed by atoms with Crippen molar-refractivity contribution in [3.05, 3.63) is 29.8 Å². The number of hydrogen-bond donors (Lipinski definition) is 2. The van der Waals surface area contributed by atoms with Crippen LogP contribution in [0.15, 0.2) is 24.3 Å². The number of nitrogens with one attached hydrogen (secondary N) is 1. The molecule has 2 N–H and O–H groups in total. The van der Waals surface area contributed by atoms with Crippen LogP contribution in [0.3, 0.4) is 0 Å². The predicted octanol–water partition coefficient (Wildman–Crippen LogP) is 2.14. The summed E-state index contributed by atoms with van der Waals surface area (Å²) in [5.74, 6) is -0.982. The Morgan fingerprint density at radius 3 is 2.42 bits per heavy atom. The van der Waals surface area contributed by atoms with E-state index < -0.39 is 5.97 Å². The number of methoxy groups -OCH3 is 1. The summed E-state index contributed by atoms with van der Waals surface area (Å²) in [7, 11) is 1.62. The minimum atomic E-state index is -0.975. The van der Waals surface area contributed by atoms with Gasteiger partial charge >= 0.3 is 5.97 Å². The van der Waals surface area contributed by atoms with Crippen molar-refractivity contribution in [3.8, 4) is 0 Å². The fourth-order valence-corrected chi connectivity index (χ4v) is 2.00. The smallest absolute Gasteiger partial charge is 0.335 e. The maximum atomic E-state index is 12.1. The number of carbonyl (C=O) groups is 2. The van der Waals surface area contributed by atoms with Crippen molar-refractivity contribution in [2.24, 2.45) is 5.41 Å². The number of amides is 1. The number of hydrogen-bond acceptors (Lipinski definition) is 3. The quantitative estimate of drug-likeness (QED) is 0.824. The molecule has 1 amide bonds. The van der Waals surface area contributed by atoms with E-state index in [2.05, 4.69) is 5.32 Å². The van der Waals surface area contributed by atoms with Crippen LogP contribution in [0.1, 0.15) is 29.6 Å². The van der Waals surface area contributed by atoms with Gasteiger partial charge in [-0.05, 0) is 43.5 Å². The summed E-state index contributed by atoms with van der Waals surface area (Å²) in [5.41, 5.74) is 0.541. The van der Waals surface area contributed by atoms with Gasteiger partial charge in [0.25, 0.3) is 0 Å². The molecule has 0 radical (unpaired) electrons. The molecule has 0 unspecified atom stereocenters. The molecule has 19 heavy (non-hydrogen) atoms. The van der Waals surface area contributed by atoms with Crippen LogP contribution in [-0.2, 0) is 9.53 Å². The van der Waals surface area contributed by atoms with Gasteiger partial charge in [-0.3, -0.25) is 4.79 Å². The Morgan fingerprint density at radius 1 is 1.32 bits per heavy atom. The first-order valence-electron chi connectivity index (χ1n) is 6.21. The molecule has 102 valence electrons. The van der Waals surface area contributed by atoms with Crippen LogP contribution in [-0.4, -0.2) is 30.7 Å². The largest absolute Gasteiger partial charge is 0.478 e. The third kappa shape index (κ3) is 3.12. The van der Waals surface area contributed by atoms with Crippen LogP contribution < -0.4 is 5.32 Å². The lowest BCUT2D eigenvalue weighted by Crippen LogP contribution is -2.25. The minimum absolute atomic E-state index is 0.00683. The number of carbonyl (C=O) groups excluding carboxylic acids is 1. The molecular formula is C14H17NO4. The van der Waals surface area contributed by atoms with Crippen molar-refractivity contribution < 1.29 is 19.4 Å². The second kappa shape index (κ2) is 5.40. The van der Waals surface area contributed by atoms with Crippen LogP contribution in [0.2, 0.25) is 0 Å². The lowest BCUT2D eigenvalue weighted by atomic mass is 10.0. The number of rotatable bonds is 6. The number of anilines is 1. The lowest BCUT2D eigenvalue weighted by molar-refractivity contribution is -0.121. The van der Waals surface area contributed by atoms with Gasteiger partial charge < -0.3 is 15.2 Å². The normalized spacial score (nSPS) is 15.8. The molecule has 0 heterocycles. The first kappa shape index (κ1) is 13.5. The van der Waals surface area contributed by atoms with Crippen molar-refractivity contribution >= 4 is 17.6 Å². The number of carboxylic acids is 1. The first-order valence-corrected chi connectivity index (χ1v) is 6.21. The van der Waals surface area contributed by atoms with Crippen molar-refractivity contribution in [2.45, 2.75) is 19.3 Å². The van der Waals surface area contributed by atoms with Crippen molar-refractivity contribution in [3.63, 3.8) is 0 Å². The zero-order valence-corrected chi connectivity index (χ0v) is 10.8. The van der Waals surface area contributed by atoms with Crippen LogP contribution in [0.25, 0.3) is 0 Å². The molecule has 2 rings (SSSR count). The maximum absolute atomic E-state index is 12.1. The van der Waals surface area contributed by atoms with E-state index >= 15 is 0 Å². The van der Waals surface area contributed by atoms with Gasteiger partial charge in [0.2, 0.25) is 5.91 Å². The molecular weight excluding hydrogens is 246 g/mol. The minimum Gasteiger partial charge on any atom is -0.478 e. The molecule has 0 aliphatic heterocycles. The molecule has 0 bridgehead atoms. The summed E-state index contributed by atoms with van der Waals surface area (Å²) >= 11 is 0. The molecule has 0 spiro atoms. The monoisotopic (exact) mass is 263 g/mol. The Morgan fingerprint density at radius 2 is 1.95 bits per heavy atom. The van der Waals surface area contributed by atoms with E-state index in [-0.39, 0.29) is 16.9 Å². The topological polar surface area (TPSA) is 75.6 Å². The van der Waals surface area contributed by atoms with Crippen molar-refractivity contribution in [2.75, 3.05) is 19.0 Å². The second-order valence-electron chi connectivity index (χ2n) is 4.86. The van der Waals surface area contributed by atoms with Gasteiger partial charge in [-0.25, -0.2) is 4.79 Å². The van der Waals surface area contributed by atoms with E-state index in [1.54, 1.807) is 19.2 Å². The number of aromatic carboxylic acids is 1. The highest BCUT2D eigenvalue weighted by atomic mass is 16.5. The average Bonchev–Trinajstić information content (AvgIpc) is 3.18. The molecule has 1 fully saturated rings. The number of benzene rings is 1. The fraction of sp³-hybridized carbons (Fsp3) is 0.429. The van der Waals surface area contributed by atoms with E-state index in [0.29, 0.717) is 12.3 Å². The molecule has 1 saturated carbocycles. The zero-order chi connectivity index (χ0) is 13.9. The standard InChI is InChI=1S/C14H17NO4/c1-19-9-8-14(6-7-14)13(18)15-11-4-2-10(3-5-11)12(16)17/h2-5H,6-9H2,1H3,(H,15,18)(H,16,17). The molecule has 1 aliphatic rings. The summed E-state index contributed by atoms with van der Waals surface area (Å²) in [6, 6.07) is 6.17. The molecule has 1 aliphatic carbocycles. The molecule has 0 saturated heterocycles. The third-order valence-electron chi connectivity index (χ3n) is 3.51. The molecule has 0 atom stereocenters. The molecule has 1 aromatic carbocycles. The van der Waals surface area contributed by atoms with E-state index in [0.717, 1.165) is 19.3 Å². The second-order valence-corrected chi connectivity index (χ2v) is 4.86. The Balaban J connectivity index is 1.97. The SMILES string of the molecule is COCCC1(C(=O)Nc2ccc(C(=O)O)cc2)CC1. The van der Waals surface area contributed by atoms with Gasteiger partial charge in [0.1, 0.15) is 0 Å². The highest BCUT2D eigenvalue weighted by molar-refractivity contribution is 5.97. The summed E-state index contributed by atoms with van der Waals surface area (Å²) in [6.45, 7) is 0.575. The van der Waals surface area contributed by atoms with Gasteiger partial charge in [-0.1, -0.05) is 0 Å². The van der Waals surface area contributed by atoms with Crippen molar-refractivity contribution in [1.82, 2.24) is 0 Å². The highest BCUT2D eigenvalue weighted by Crippen LogP contribution is 2.49. The van der Waals surface area contributed by atoms with Crippen LogP contribution in [0.5, 0.6) is 0 Å². The van der Waals surface area contributed by atoms with Gasteiger partial charge in [-0.2, -0.15) is 0 Å². The van der Waals surface area contributed by atoms with Gasteiger partial charge in [-0.15, -0.1) is 0 Å². The van der Waals surface area contributed by atoms with E-state index in [1.165, 1.54) is 12.1 Å².